The van der Waals surface area contributed by atoms with Gasteiger partial charge in [-0.15, -0.1) is 0 Å². The second-order valence-corrected chi connectivity index (χ2v) is 7.59. The van der Waals surface area contributed by atoms with E-state index in [1.165, 1.54) is 18.3 Å². The normalized spacial score (nSPS) is 15.7. The first-order valence-electron chi connectivity index (χ1n) is 9.86. The van der Waals surface area contributed by atoms with Gasteiger partial charge in [-0.25, -0.2) is 14.4 Å². The van der Waals surface area contributed by atoms with E-state index in [-0.39, 0.29) is 23.3 Å². The number of nitrogens with one attached hydrogen (secondary N) is 1. The van der Waals surface area contributed by atoms with Crippen LogP contribution in [-0.2, 0) is 12.7 Å². The molecule has 0 saturated heterocycles. The van der Waals surface area contributed by atoms with Crippen molar-refractivity contribution in [3.63, 3.8) is 0 Å². The quantitative estimate of drug-likeness (QED) is 0.592. The highest BCUT2D eigenvalue weighted by atomic mass is 19.4. The fourth-order valence-corrected chi connectivity index (χ4v) is 3.46. The molecule has 1 amide bonds. The molecule has 0 saturated carbocycles. The highest BCUT2D eigenvalue weighted by Gasteiger charge is 2.34. The van der Waals surface area contributed by atoms with Gasteiger partial charge in [0.05, 0.1) is 29.7 Å². The van der Waals surface area contributed by atoms with Crippen LogP contribution < -0.4 is 10.1 Å². The van der Waals surface area contributed by atoms with Crippen LogP contribution in [0.1, 0.15) is 48.1 Å². The van der Waals surface area contributed by atoms with E-state index in [1.807, 2.05) is 13.8 Å². The molecule has 0 radical (unpaired) electrons. The standard InChI is InChI=1S/C21H19F4N5O2/c1-11(2)32-19-7-12(3-5-26-19)20(31)28-15-4-6-30-17(15)9-16(29-30)13-8-18(21(23,24)25)27-10-14(13)22/h3,5,7-11,15H,4,6H2,1-2H3,(H,28,31). The van der Waals surface area contributed by atoms with Crippen LogP contribution in [0.4, 0.5) is 17.6 Å². The van der Waals surface area contributed by atoms with Crippen molar-refractivity contribution >= 4 is 5.91 Å². The topological polar surface area (TPSA) is 81.9 Å². The Morgan fingerprint density at radius 3 is 2.75 bits per heavy atom. The number of hydrogen-bond acceptors (Lipinski definition) is 5. The van der Waals surface area contributed by atoms with Crippen molar-refractivity contribution in [2.45, 2.75) is 45.1 Å². The zero-order valence-corrected chi connectivity index (χ0v) is 17.2. The van der Waals surface area contributed by atoms with Crippen molar-refractivity contribution in [2.24, 2.45) is 0 Å². The third-order valence-corrected chi connectivity index (χ3v) is 4.88. The Hall–Kier alpha value is -3.50. The second kappa shape index (κ2) is 8.21. The molecule has 0 fully saturated rings. The van der Waals surface area contributed by atoms with E-state index >= 15 is 0 Å². The predicted octanol–water partition coefficient (Wildman–Crippen LogP) is 4.16. The minimum Gasteiger partial charge on any atom is -0.475 e. The smallest absolute Gasteiger partial charge is 0.433 e. The van der Waals surface area contributed by atoms with E-state index in [0.717, 1.165) is 0 Å². The molecule has 4 heterocycles. The number of halogens is 4. The number of carbonyl (C=O) groups excluding carboxylic acids is 1. The van der Waals surface area contributed by atoms with Crippen LogP contribution in [0.2, 0.25) is 0 Å². The van der Waals surface area contributed by atoms with Crippen molar-refractivity contribution in [3.8, 4) is 17.1 Å². The Morgan fingerprint density at radius 2 is 2.03 bits per heavy atom. The molecule has 0 bridgehead atoms. The molecule has 0 aromatic carbocycles. The SMILES string of the molecule is CC(C)Oc1cc(C(=O)NC2CCn3nc(-c4cc(C(F)(F)F)ncc4F)cc32)ccn1. The molecule has 3 aromatic rings. The zero-order valence-electron chi connectivity index (χ0n) is 17.2. The highest BCUT2D eigenvalue weighted by molar-refractivity contribution is 5.94. The fourth-order valence-electron chi connectivity index (χ4n) is 3.46. The molecular weight excluding hydrogens is 430 g/mol. The summed E-state index contributed by atoms with van der Waals surface area (Å²) in [6.07, 6.45) is -2.27. The lowest BCUT2D eigenvalue weighted by molar-refractivity contribution is -0.141. The molecule has 0 spiro atoms. The number of carbonyl (C=O) groups is 1. The third-order valence-electron chi connectivity index (χ3n) is 4.88. The van der Waals surface area contributed by atoms with Gasteiger partial charge in [-0.2, -0.15) is 18.3 Å². The summed E-state index contributed by atoms with van der Waals surface area (Å²) in [6.45, 7) is 4.11. The third kappa shape index (κ3) is 4.41. The number of pyridine rings is 2. The van der Waals surface area contributed by atoms with E-state index in [2.05, 4.69) is 20.4 Å². The summed E-state index contributed by atoms with van der Waals surface area (Å²) in [5.41, 5.74) is -0.538. The molecule has 1 aliphatic rings. The van der Waals surface area contributed by atoms with Crippen molar-refractivity contribution in [3.05, 3.63) is 59.4 Å². The first kappa shape index (κ1) is 21.7. The Kier molecular flexibility index (Phi) is 5.57. The Labute approximate surface area is 180 Å². The first-order valence-corrected chi connectivity index (χ1v) is 9.86. The fraction of sp³-hybridized carbons (Fsp3) is 0.333. The van der Waals surface area contributed by atoms with Crippen LogP contribution >= 0.6 is 0 Å². The van der Waals surface area contributed by atoms with Crippen LogP contribution in [0.5, 0.6) is 5.88 Å². The minimum absolute atomic E-state index is 0.0425. The van der Waals surface area contributed by atoms with Gasteiger partial charge in [0.2, 0.25) is 5.88 Å². The van der Waals surface area contributed by atoms with Crippen molar-refractivity contribution < 1.29 is 27.1 Å². The van der Waals surface area contributed by atoms with Gasteiger partial charge in [-0.3, -0.25) is 9.48 Å². The zero-order chi connectivity index (χ0) is 23.0. The van der Waals surface area contributed by atoms with Crippen LogP contribution in [0.3, 0.4) is 0 Å². The lowest BCUT2D eigenvalue weighted by Gasteiger charge is -2.13. The number of aromatic nitrogens is 4. The molecule has 4 rings (SSSR count). The van der Waals surface area contributed by atoms with E-state index in [0.29, 0.717) is 42.4 Å². The van der Waals surface area contributed by atoms with Gasteiger partial charge in [0.15, 0.2) is 5.82 Å². The summed E-state index contributed by atoms with van der Waals surface area (Å²) < 4.78 is 60.2. The molecule has 168 valence electrons. The number of alkyl halides is 3. The maximum atomic E-state index is 14.2. The monoisotopic (exact) mass is 449 g/mol. The molecule has 0 aliphatic carbocycles. The number of fused-ring (bicyclic) bond motifs is 1. The average molecular weight is 449 g/mol. The van der Waals surface area contributed by atoms with Gasteiger partial charge >= 0.3 is 6.18 Å². The van der Waals surface area contributed by atoms with Gasteiger partial charge < -0.3 is 10.1 Å². The lowest BCUT2D eigenvalue weighted by Crippen LogP contribution is -2.27. The van der Waals surface area contributed by atoms with E-state index in [4.69, 9.17) is 4.74 Å². The second-order valence-electron chi connectivity index (χ2n) is 7.59. The van der Waals surface area contributed by atoms with Crippen LogP contribution in [0.15, 0.2) is 36.7 Å². The number of amides is 1. The van der Waals surface area contributed by atoms with E-state index in [1.54, 1.807) is 10.7 Å². The van der Waals surface area contributed by atoms with Gasteiger partial charge in [0, 0.05) is 29.9 Å². The highest BCUT2D eigenvalue weighted by Crippen LogP contribution is 2.34. The Bertz CT molecular complexity index is 1160. The lowest BCUT2D eigenvalue weighted by atomic mass is 10.1. The van der Waals surface area contributed by atoms with E-state index < -0.39 is 23.7 Å². The Morgan fingerprint density at radius 1 is 1.25 bits per heavy atom. The van der Waals surface area contributed by atoms with Crippen LogP contribution in [-0.4, -0.2) is 31.8 Å². The largest absolute Gasteiger partial charge is 0.475 e. The number of ether oxygens (including phenoxy) is 1. The summed E-state index contributed by atoms with van der Waals surface area (Å²) in [5, 5.41) is 7.10. The van der Waals surface area contributed by atoms with E-state index in [9.17, 15) is 22.4 Å². The average Bonchev–Trinajstić information content (AvgIpc) is 3.29. The maximum Gasteiger partial charge on any atom is 0.433 e. The van der Waals surface area contributed by atoms with Gasteiger partial charge in [0.25, 0.3) is 5.91 Å². The van der Waals surface area contributed by atoms with Gasteiger partial charge in [0.1, 0.15) is 5.69 Å². The number of nitrogens with zero attached hydrogens (tertiary/aromatic N) is 4. The molecular formula is C21H19F4N5O2. The molecule has 32 heavy (non-hydrogen) atoms. The molecule has 1 atom stereocenters. The van der Waals surface area contributed by atoms with Crippen molar-refractivity contribution in [1.29, 1.82) is 0 Å². The van der Waals surface area contributed by atoms with Crippen molar-refractivity contribution in [2.75, 3.05) is 0 Å². The summed E-state index contributed by atoms with van der Waals surface area (Å²) in [5.74, 6) is -0.957. The number of rotatable bonds is 5. The van der Waals surface area contributed by atoms with Crippen LogP contribution in [0, 0.1) is 5.82 Å². The minimum atomic E-state index is -4.70. The maximum absolute atomic E-state index is 14.2. The summed E-state index contributed by atoms with van der Waals surface area (Å²) in [4.78, 5) is 19.9. The van der Waals surface area contributed by atoms with Crippen LogP contribution in [0.25, 0.3) is 11.3 Å². The molecule has 1 aliphatic heterocycles. The number of aryl methyl sites for hydroxylation is 1. The van der Waals surface area contributed by atoms with Gasteiger partial charge in [-0.1, -0.05) is 0 Å². The molecule has 11 heteroatoms. The number of hydrogen-bond donors (Lipinski definition) is 1. The molecule has 3 aromatic heterocycles. The summed E-state index contributed by atoms with van der Waals surface area (Å²) in [6, 6.07) is 4.76. The summed E-state index contributed by atoms with van der Waals surface area (Å²) in [7, 11) is 0. The Balaban J connectivity index is 1.56. The summed E-state index contributed by atoms with van der Waals surface area (Å²) >= 11 is 0. The molecule has 1 unspecified atom stereocenters. The first-order chi connectivity index (χ1) is 15.1. The molecule has 7 nitrogen and oxygen atoms in total. The van der Waals surface area contributed by atoms with Gasteiger partial charge in [-0.05, 0) is 38.5 Å². The molecule has 1 N–H and O–H groups in total. The van der Waals surface area contributed by atoms with Crippen molar-refractivity contribution in [1.82, 2.24) is 25.1 Å². The predicted molar refractivity (Wildman–Crippen MR) is 105 cm³/mol.